The van der Waals surface area contributed by atoms with Crippen molar-refractivity contribution in [3.05, 3.63) is 88.2 Å². The van der Waals surface area contributed by atoms with Gasteiger partial charge in [-0.05, 0) is 42.9 Å². The van der Waals surface area contributed by atoms with Crippen LogP contribution in [0.1, 0.15) is 50.6 Å². The number of hydrogen-bond donors (Lipinski definition) is 0. The predicted octanol–water partition coefficient (Wildman–Crippen LogP) is 4.95. The average Bonchev–Trinajstić information content (AvgIpc) is 3.16. The van der Waals surface area contributed by atoms with Gasteiger partial charge in [-0.15, -0.1) is 5.10 Å². The number of nitrogens with zero attached hydrogens (tertiary/aromatic N) is 4. The third-order valence-electron chi connectivity index (χ3n) is 5.70. The van der Waals surface area contributed by atoms with E-state index in [0.29, 0.717) is 22.9 Å². The van der Waals surface area contributed by atoms with Crippen LogP contribution in [0.4, 0.5) is 0 Å². The lowest BCUT2D eigenvalue weighted by Gasteiger charge is -2.25. The highest BCUT2D eigenvalue weighted by molar-refractivity contribution is 7.98. The third-order valence-corrected chi connectivity index (χ3v) is 6.61. The molecule has 30 heavy (non-hydrogen) atoms. The number of Topliss-reactive ketones (excluding diaryl/α,β-unsaturated/α-hetero) is 1. The number of benzene rings is 2. The number of aromatic nitrogens is 4. The zero-order valence-corrected chi connectivity index (χ0v) is 17.8. The van der Waals surface area contributed by atoms with Gasteiger partial charge in [0.25, 0.3) is 5.78 Å². The Balaban J connectivity index is 1.47. The van der Waals surface area contributed by atoms with E-state index in [9.17, 15) is 4.79 Å². The van der Waals surface area contributed by atoms with Gasteiger partial charge in [-0.25, -0.2) is 4.98 Å². The largest absolute Gasteiger partial charge is 0.294 e. The minimum absolute atomic E-state index is 0.128. The lowest BCUT2D eigenvalue weighted by Crippen LogP contribution is -2.23. The Labute approximate surface area is 179 Å². The molecule has 2 aromatic heterocycles. The lowest BCUT2D eigenvalue weighted by molar-refractivity contribution is 0.0962. The maximum absolute atomic E-state index is 12.9. The molecule has 5 rings (SSSR count). The topological polar surface area (TPSA) is 60.1 Å². The summed E-state index contributed by atoms with van der Waals surface area (Å²) < 4.78 is 1.77. The van der Waals surface area contributed by atoms with Crippen LogP contribution < -0.4 is 0 Å². The van der Waals surface area contributed by atoms with Crippen molar-refractivity contribution in [2.75, 3.05) is 0 Å². The molecular weight excluding hydrogens is 392 g/mol. The van der Waals surface area contributed by atoms with Crippen LogP contribution in [-0.4, -0.2) is 25.4 Å². The summed E-state index contributed by atoms with van der Waals surface area (Å²) >= 11 is 1.59. The van der Waals surface area contributed by atoms with E-state index in [-0.39, 0.29) is 11.7 Å². The highest BCUT2D eigenvalue weighted by Crippen LogP contribution is 2.34. The number of carbonyl (C=O) groups is 1. The van der Waals surface area contributed by atoms with E-state index in [1.165, 1.54) is 22.3 Å². The average molecular weight is 415 g/mol. The molecule has 2 aromatic carbocycles. The van der Waals surface area contributed by atoms with Gasteiger partial charge in [-0.2, -0.15) is 9.50 Å². The Morgan fingerprint density at radius 3 is 2.80 bits per heavy atom. The highest BCUT2D eigenvalue weighted by atomic mass is 32.2. The predicted molar refractivity (Wildman–Crippen MR) is 118 cm³/mol. The van der Waals surface area contributed by atoms with E-state index < -0.39 is 0 Å². The zero-order chi connectivity index (χ0) is 20.7. The first-order valence-electron chi connectivity index (χ1n) is 10.1. The van der Waals surface area contributed by atoms with Gasteiger partial charge in [0.1, 0.15) is 0 Å². The summed E-state index contributed by atoms with van der Waals surface area (Å²) in [4.78, 5) is 21.9. The highest BCUT2D eigenvalue weighted by Gasteiger charge is 2.30. The van der Waals surface area contributed by atoms with Crippen molar-refractivity contribution in [3.8, 4) is 0 Å². The van der Waals surface area contributed by atoms with Crippen molar-refractivity contribution in [2.24, 2.45) is 0 Å². The molecule has 0 N–H and O–H groups in total. The number of fused-ring (bicyclic) bond motifs is 3. The second-order valence-electron chi connectivity index (χ2n) is 7.89. The number of rotatable bonds is 4. The molecule has 2 heterocycles. The molecule has 0 amide bonds. The molecule has 4 aromatic rings. The summed E-state index contributed by atoms with van der Waals surface area (Å²) in [5, 5.41) is 5.39. The lowest BCUT2D eigenvalue weighted by atomic mass is 9.80. The fraction of sp³-hybridized carbons (Fsp3) is 0.250. The van der Waals surface area contributed by atoms with E-state index >= 15 is 0 Å². The minimum Gasteiger partial charge on any atom is -0.294 e. The van der Waals surface area contributed by atoms with E-state index in [1.54, 1.807) is 22.5 Å². The molecule has 0 aliphatic heterocycles. The van der Waals surface area contributed by atoms with Gasteiger partial charge in [0.15, 0.2) is 5.78 Å². The molecule has 0 spiro atoms. The van der Waals surface area contributed by atoms with Crippen molar-refractivity contribution < 1.29 is 4.79 Å². The Bertz CT molecular complexity index is 1260. The van der Waals surface area contributed by atoms with Crippen molar-refractivity contribution in [1.29, 1.82) is 0 Å². The molecular formula is C24H22N4OS. The van der Waals surface area contributed by atoms with Crippen LogP contribution in [-0.2, 0) is 12.2 Å². The Morgan fingerprint density at radius 2 is 1.97 bits per heavy atom. The third kappa shape index (κ3) is 3.52. The number of carbonyl (C=O) groups excluding carboxylic acids is 1. The molecule has 0 fully saturated rings. The van der Waals surface area contributed by atoms with Crippen molar-refractivity contribution >= 4 is 23.3 Å². The quantitative estimate of drug-likeness (QED) is 0.442. The molecule has 6 heteroatoms. The summed E-state index contributed by atoms with van der Waals surface area (Å²) in [6, 6.07) is 16.8. The molecule has 0 saturated heterocycles. The van der Waals surface area contributed by atoms with Crippen LogP contribution in [0.5, 0.6) is 0 Å². The van der Waals surface area contributed by atoms with Gasteiger partial charge >= 0.3 is 0 Å². The van der Waals surface area contributed by atoms with E-state index in [2.05, 4.69) is 60.2 Å². The maximum Gasteiger partial charge on any atom is 0.253 e. The van der Waals surface area contributed by atoms with Gasteiger partial charge in [-0.1, -0.05) is 65.9 Å². The fourth-order valence-corrected chi connectivity index (χ4v) is 4.97. The zero-order valence-electron chi connectivity index (χ0n) is 17.0. The van der Waals surface area contributed by atoms with Gasteiger partial charge in [0.2, 0.25) is 5.16 Å². The summed E-state index contributed by atoms with van der Waals surface area (Å²) in [5.41, 5.74) is 6.52. The van der Waals surface area contributed by atoms with Crippen LogP contribution in [0.3, 0.4) is 0 Å². The first-order chi connectivity index (χ1) is 14.6. The first kappa shape index (κ1) is 19.0. The summed E-state index contributed by atoms with van der Waals surface area (Å²) in [5.74, 6) is 1.64. The van der Waals surface area contributed by atoms with Crippen molar-refractivity contribution in [2.45, 2.75) is 43.5 Å². The Hall–Kier alpha value is -2.99. The normalized spacial score (nSPS) is 16.1. The monoisotopic (exact) mass is 414 g/mol. The molecule has 1 unspecified atom stereocenters. The summed E-state index contributed by atoms with van der Waals surface area (Å²) in [7, 11) is 0. The summed E-state index contributed by atoms with van der Waals surface area (Å²) in [6.45, 7) is 4.20. The molecule has 1 aliphatic carbocycles. The van der Waals surface area contributed by atoms with Crippen molar-refractivity contribution in [1.82, 2.24) is 19.6 Å². The van der Waals surface area contributed by atoms with E-state index in [1.807, 2.05) is 12.1 Å². The van der Waals surface area contributed by atoms with Crippen LogP contribution >= 0.6 is 11.8 Å². The molecule has 150 valence electrons. The fourth-order valence-electron chi connectivity index (χ4n) is 4.21. The van der Waals surface area contributed by atoms with E-state index in [0.717, 1.165) is 17.9 Å². The molecule has 0 saturated carbocycles. The molecule has 0 bridgehead atoms. The molecule has 1 aliphatic rings. The number of thioether (sulfide) groups is 1. The molecule has 1 atom stereocenters. The van der Waals surface area contributed by atoms with Crippen LogP contribution in [0, 0.1) is 13.8 Å². The maximum atomic E-state index is 12.9. The number of aryl methyl sites for hydroxylation is 2. The second kappa shape index (κ2) is 7.69. The molecule has 5 nitrogen and oxygen atoms in total. The second-order valence-corrected chi connectivity index (χ2v) is 8.83. The SMILES string of the molecule is Cc1cccc(CSc2nc3ncc4c(n3n2)CC(c2ccccc2C)CC4=O)c1. The van der Waals surface area contributed by atoms with Crippen LogP contribution in [0.2, 0.25) is 0 Å². The van der Waals surface area contributed by atoms with Crippen LogP contribution in [0.15, 0.2) is 59.9 Å². The Morgan fingerprint density at radius 1 is 1.10 bits per heavy atom. The summed E-state index contributed by atoms with van der Waals surface area (Å²) in [6.07, 6.45) is 2.94. The number of ketones is 1. The standard InChI is InChI=1S/C24H22N4OS/c1-15-6-5-8-17(10-15)14-30-24-26-23-25-13-20-21(28(23)27-24)11-18(12-22(20)29)19-9-4-3-7-16(19)2/h3-10,13,18H,11-12,14H2,1-2H3. The van der Waals surface area contributed by atoms with Gasteiger partial charge in [-0.3, -0.25) is 4.79 Å². The minimum atomic E-state index is 0.128. The number of hydrogen-bond acceptors (Lipinski definition) is 5. The van der Waals surface area contributed by atoms with Crippen LogP contribution in [0.25, 0.3) is 5.78 Å². The van der Waals surface area contributed by atoms with Crippen molar-refractivity contribution in [3.63, 3.8) is 0 Å². The first-order valence-corrected chi connectivity index (χ1v) is 11.1. The van der Waals surface area contributed by atoms with Gasteiger partial charge in [0, 0.05) is 18.4 Å². The smallest absolute Gasteiger partial charge is 0.253 e. The van der Waals surface area contributed by atoms with Gasteiger partial charge < -0.3 is 0 Å². The van der Waals surface area contributed by atoms with E-state index in [4.69, 9.17) is 5.10 Å². The molecule has 0 radical (unpaired) electrons. The Kier molecular flexibility index (Phi) is 4.87. The van der Waals surface area contributed by atoms with Gasteiger partial charge in [0.05, 0.1) is 11.3 Å².